The molecule has 2 aromatic heterocycles. The van der Waals surface area contributed by atoms with E-state index in [1.807, 2.05) is 0 Å². The molecule has 37 heavy (non-hydrogen) atoms. The summed E-state index contributed by atoms with van der Waals surface area (Å²) < 4.78 is 25.2. The Morgan fingerprint density at radius 3 is 2.51 bits per heavy atom. The number of aliphatic hydroxyl groups is 1. The van der Waals surface area contributed by atoms with Crippen molar-refractivity contribution in [1.29, 1.82) is 0 Å². The zero-order valence-electron chi connectivity index (χ0n) is 19.7. The van der Waals surface area contributed by atoms with Crippen LogP contribution in [0.4, 0.5) is 4.39 Å². The number of methoxy groups -OCH3 is 1. The third kappa shape index (κ3) is 5.65. The lowest BCUT2D eigenvalue weighted by Gasteiger charge is -2.11. The molecule has 0 saturated carbocycles. The van der Waals surface area contributed by atoms with Crippen molar-refractivity contribution in [3.05, 3.63) is 76.5 Å². The summed E-state index contributed by atoms with van der Waals surface area (Å²) in [6.45, 7) is -0.108. The van der Waals surface area contributed by atoms with Crippen molar-refractivity contribution < 1.29 is 38.5 Å². The van der Waals surface area contributed by atoms with Gasteiger partial charge < -0.3 is 19.7 Å². The summed E-state index contributed by atoms with van der Waals surface area (Å²) in [6.07, 6.45) is -0.335. The number of pyridine rings is 1. The van der Waals surface area contributed by atoms with E-state index in [4.69, 9.17) is 14.6 Å². The highest BCUT2D eigenvalue weighted by atomic mass is 32.1. The molecule has 0 amide bonds. The maximum absolute atomic E-state index is 14.2. The van der Waals surface area contributed by atoms with Gasteiger partial charge in [-0.05, 0) is 36.4 Å². The molecule has 0 bridgehead atoms. The molecule has 10 heteroatoms. The van der Waals surface area contributed by atoms with Gasteiger partial charge in [-0.2, -0.15) is 0 Å². The summed E-state index contributed by atoms with van der Waals surface area (Å²) in [5.74, 6) is -1.79. The van der Waals surface area contributed by atoms with E-state index >= 15 is 0 Å². The highest BCUT2D eigenvalue weighted by Crippen LogP contribution is 2.35. The number of nitrogens with zero attached hydrogens (tertiary/aromatic N) is 1. The molecule has 2 aromatic carbocycles. The van der Waals surface area contributed by atoms with Gasteiger partial charge in [0.1, 0.15) is 18.1 Å². The number of carboxylic acids is 1. The lowest BCUT2D eigenvalue weighted by molar-refractivity contribution is 0.0696. The second kappa shape index (κ2) is 11.3. The molecule has 4 aromatic rings. The number of rotatable bonds is 11. The Balaban J connectivity index is 1.56. The number of ketones is 2. The van der Waals surface area contributed by atoms with Gasteiger partial charge in [0, 0.05) is 34.7 Å². The predicted octanol–water partition coefficient (Wildman–Crippen LogP) is 5.03. The van der Waals surface area contributed by atoms with Crippen LogP contribution in [0.3, 0.4) is 0 Å². The van der Waals surface area contributed by atoms with Gasteiger partial charge in [-0.15, -0.1) is 11.3 Å². The number of hydrogen-bond donors (Lipinski definition) is 2. The molecule has 8 nitrogen and oxygen atoms in total. The number of fused-ring (bicyclic) bond motifs is 1. The molecule has 4 rings (SSSR count). The molecule has 0 radical (unpaired) electrons. The van der Waals surface area contributed by atoms with Crippen LogP contribution in [0, 0.1) is 5.82 Å². The van der Waals surface area contributed by atoms with Crippen molar-refractivity contribution in [2.45, 2.75) is 12.8 Å². The smallest absolute Gasteiger partial charge is 0.335 e. The van der Waals surface area contributed by atoms with Crippen molar-refractivity contribution in [3.63, 3.8) is 0 Å². The van der Waals surface area contributed by atoms with Gasteiger partial charge in [0.15, 0.2) is 23.1 Å². The molecule has 0 saturated heterocycles. The monoisotopic (exact) mass is 523 g/mol. The normalized spacial score (nSPS) is 10.9. The molecular weight excluding hydrogens is 501 g/mol. The first-order valence-electron chi connectivity index (χ1n) is 11.2. The maximum Gasteiger partial charge on any atom is 0.335 e. The minimum Gasteiger partial charge on any atom is -0.493 e. The standard InChI is InChI=1S/C27H22FNO7S/c1-35-25-13-15(5-8-24(25)36-10-9-30)22(31)6-7-23(32)21-12-16(27(33)34)11-20(29-21)18-14-37-26-17(18)3-2-4-19(26)28/h2-5,8,11-14,30H,6-7,9-10H2,1H3,(H,33,34). The second-order valence-electron chi connectivity index (χ2n) is 7.98. The molecule has 190 valence electrons. The van der Waals surface area contributed by atoms with Crippen molar-refractivity contribution in [3.8, 4) is 22.8 Å². The summed E-state index contributed by atoms with van der Waals surface area (Å²) >= 11 is 1.16. The van der Waals surface area contributed by atoms with Crippen LogP contribution in [0.15, 0.2) is 53.9 Å². The summed E-state index contributed by atoms with van der Waals surface area (Å²) in [4.78, 5) is 41.8. The zero-order chi connectivity index (χ0) is 26.5. The average molecular weight is 524 g/mol. The highest BCUT2D eigenvalue weighted by molar-refractivity contribution is 7.17. The first kappa shape index (κ1) is 25.9. The van der Waals surface area contributed by atoms with Crippen LogP contribution < -0.4 is 9.47 Å². The number of aromatic carboxylic acids is 1. The molecule has 0 spiro atoms. The Morgan fingerprint density at radius 1 is 1.00 bits per heavy atom. The van der Waals surface area contributed by atoms with E-state index in [0.29, 0.717) is 32.7 Å². The van der Waals surface area contributed by atoms with E-state index < -0.39 is 17.6 Å². The molecular formula is C27H22FNO7S. The van der Waals surface area contributed by atoms with Gasteiger partial charge in [-0.3, -0.25) is 9.59 Å². The van der Waals surface area contributed by atoms with Crippen LogP contribution in [0.1, 0.15) is 44.0 Å². The summed E-state index contributed by atoms with van der Waals surface area (Å²) in [5.41, 5.74) is 0.820. The minimum absolute atomic E-state index is 0.0681. The van der Waals surface area contributed by atoms with Gasteiger partial charge in [0.2, 0.25) is 0 Å². The first-order chi connectivity index (χ1) is 17.8. The van der Waals surface area contributed by atoms with E-state index in [2.05, 4.69) is 4.98 Å². The van der Waals surface area contributed by atoms with Gasteiger partial charge >= 0.3 is 5.97 Å². The minimum atomic E-state index is -1.24. The van der Waals surface area contributed by atoms with E-state index in [1.54, 1.807) is 23.6 Å². The number of carboxylic acid groups (broad SMARTS) is 1. The van der Waals surface area contributed by atoms with E-state index in [1.165, 1.54) is 37.4 Å². The zero-order valence-corrected chi connectivity index (χ0v) is 20.5. The van der Waals surface area contributed by atoms with Crippen molar-refractivity contribution >= 4 is 39.0 Å². The SMILES string of the molecule is COc1cc(C(=O)CCC(=O)c2cc(C(=O)O)cc(-c3csc4c(F)cccc34)n2)ccc1OCCO. The van der Waals surface area contributed by atoms with Crippen LogP contribution >= 0.6 is 11.3 Å². The van der Waals surface area contributed by atoms with Gasteiger partial charge in [-0.25, -0.2) is 14.2 Å². The van der Waals surface area contributed by atoms with E-state index in [-0.39, 0.29) is 48.8 Å². The molecule has 0 aliphatic rings. The van der Waals surface area contributed by atoms with E-state index in [0.717, 1.165) is 11.3 Å². The van der Waals surface area contributed by atoms with Crippen LogP contribution in [0.2, 0.25) is 0 Å². The Hall–Kier alpha value is -4.15. The van der Waals surface area contributed by atoms with Gasteiger partial charge in [0.05, 0.1) is 29.7 Å². The van der Waals surface area contributed by atoms with E-state index in [9.17, 15) is 23.9 Å². The number of carbonyl (C=O) groups is 3. The summed E-state index contributed by atoms with van der Waals surface area (Å²) in [5, 5.41) is 20.7. The second-order valence-corrected chi connectivity index (χ2v) is 8.86. The number of ether oxygens (including phenoxy) is 2. The maximum atomic E-state index is 14.2. The lowest BCUT2D eigenvalue weighted by atomic mass is 10.0. The molecule has 0 fully saturated rings. The number of benzene rings is 2. The fourth-order valence-corrected chi connectivity index (χ4v) is 4.74. The molecule has 0 atom stereocenters. The number of aliphatic hydroxyl groups excluding tert-OH is 1. The van der Waals surface area contributed by atoms with Crippen LogP contribution in [-0.4, -0.2) is 53.1 Å². The number of hydrogen-bond acceptors (Lipinski definition) is 8. The van der Waals surface area contributed by atoms with Crippen molar-refractivity contribution in [2.75, 3.05) is 20.3 Å². The van der Waals surface area contributed by atoms with Crippen LogP contribution in [0.25, 0.3) is 21.3 Å². The fourth-order valence-electron chi connectivity index (χ4n) is 3.77. The highest BCUT2D eigenvalue weighted by Gasteiger charge is 2.19. The molecule has 0 aliphatic heterocycles. The number of Topliss-reactive ketones (excluding diaryl/α,β-unsaturated/α-hetero) is 2. The van der Waals surface area contributed by atoms with Crippen LogP contribution in [0.5, 0.6) is 11.5 Å². The Morgan fingerprint density at radius 2 is 1.78 bits per heavy atom. The third-order valence-corrected chi connectivity index (χ3v) is 6.60. The molecule has 0 aliphatic carbocycles. The Bertz CT molecular complexity index is 1500. The first-order valence-corrected chi connectivity index (χ1v) is 12.1. The quantitative estimate of drug-likeness (QED) is 0.263. The summed E-state index contributed by atoms with van der Waals surface area (Å²) in [6, 6.07) is 11.7. The van der Waals surface area contributed by atoms with Gasteiger partial charge in [-0.1, -0.05) is 12.1 Å². The van der Waals surface area contributed by atoms with Crippen molar-refractivity contribution in [2.24, 2.45) is 0 Å². The number of halogens is 1. The predicted molar refractivity (Wildman–Crippen MR) is 135 cm³/mol. The average Bonchev–Trinajstić information content (AvgIpc) is 3.35. The van der Waals surface area contributed by atoms with Crippen molar-refractivity contribution in [1.82, 2.24) is 4.98 Å². The molecule has 2 N–H and O–H groups in total. The summed E-state index contributed by atoms with van der Waals surface area (Å²) in [7, 11) is 1.42. The molecule has 2 heterocycles. The van der Waals surface area contributed by atoms with Gasteiger partial charge in [0.25, 0.3) is 0 Å². The Kier molecular flexibility index (Phi) is 7.90. The molecule has 0 unspecified atom stereocenters. The fraction of sp³-hybridized carbons (Fsp3) is 0.185. The largest absolute Gasteiger partial charge is 0.493 e. The number of thiophene rings is 1. The Labute approximate surface area is 214 Å². The van der Waals surface area contributed by atoms with Crippen LogP contribution in [-0.2, 0) is 0 Å². The third-order valence-electron chi connectivity index (χ3n) is 5.60. The lowest BCUT2D eigenvalue weighted by Crippen LogP contribution is -2.10. The number of aromatic nitrogens is 1. The topological polar surface area (TPSA) is 123 Å². The number of carbonyl (C=O) groups excluding carboxylic acids is 2.